The molecule has 0 bridgehead atoms. The maximum atomic E-state index is 11.4. The number of nitrogens with zero attached hydrogens (tertiary/aromatic N) is 1. The third-order valence-electron chi connectivity index (χ3n) is 2.11. The van der Waals surface area contributed by atoms with Gasteiger partial charge in [0.1, 0.15) is 5.76 Å². The zero-order chi connectivity index (χ0) is 12.9. The van der Waals surface area contributed by atoms with Gasteiger partial charge in [0.05, 0.1) is 0 Å². The molecule has 0 spiro atoms. The summed E-state index contributed by atoms with van der Waals surface area (Å²) in [7, 11) is 0. The van der Waals surface area contributed by atoms with Crippen LogP contribution in [0.5, 0.6) is 0 Å². The molecule has 1 aromatic rings. The number of aromatic nitrogens is 1. The number of carbonyl (C=O) groups excluding carboxylic acids is 1. The molecule has 0 saturated heterocycles. The maximum absolute atomic E-state index is 11.4. The lowest BCUT2D eigenvalue weighted by Crippen LogP contribution is -2.30. The van der Waals surface area contributed by atoms with E-state index in [4.69, 9.17) is 9.63 Å². The normalized spacial score (nSPS) is 11.3. The van der Waals surface area contributed by atoms with Gasteiger partial charge < -0.3 is 14.9 Å². The zero-order valence-electron chi connectivity index (χ0n) is 10.4. The Balaban J connectivity index is 2.46. The number of anilines is 1. The van der Waals surface area contributed by atoms with Crippen LogP contribution in [0.25, 0.3) is 0 Å². The summed E-state index contributed by atoms with van der Waals surface area (Å²) in [5.74, 6) is 1.10. The Morgan fingerprint density at radius 2 is 2.24 bits per heavy atom. The van der Waals surface area contributed by atoms with Crippen LogP contribution >= 0.6 is 0 Å². The first-order valence-electron chi connectivity index (χ1n) is 5.56. The minimum absolute atomic E-state index is 0.0540. The molecular formula is C11H19N3O3. The Bertz CT molecular complexity index is 368. The van der Waals surface area contributed by atoms with Crippen LogP contribution in [0.1, 0.15) is 33.0 Å². The first kappa shape index (κ1) is 13.5. The predicted molar refractivity (Wildman–Crippen MR) is 63.9 cm³/mol. The second-order valence-corrected chi connectivity index (χ2v) is 4.78. The van der Waals surface area contributed by atoms with Crippen LogP contribution < -0.4 is 10.6 Å². The van der Waals surface area contributed by atoms with Gasteiger partial charge in [-0.05, 0) is 6.42 Å². The van der Waals surface area contributed by atoms with Crippen molar-refractivity contribution >= 4 is 11.8 Å². The number of aliphatic hydroxyl groups is 1. The zero-order valence-corrected chi connectivity index (χ0v) is 10.4. The van der Waals surface area contributed by atoms with E-state index < -0.39 is 0 Å². The van der Waals surface area contributed by atoms with E-state index in [9.17, 15) is 4.79 Å². The maximum Gasteiger partial charge on any atom is 0.320 e. The fourth-order valence-electron chi connectivity index (χ4n) is 1.13. The van der Waals surface area contributed by atoms with Crippen LogP contribution in [0, 0.1) is 0 Å². The minimum Gasteiger partial charge on any atom is -0.396 e. The summed E-state index contributed by atoms with van der Waals surface area (Å²) < 4.78 is 5.12. The van der Waals surface area contributed by atoms with E-state index in [1.54, 1.807) is 6.07 Å². The molecule has 0 aliphatic rings. The third-order valence-corrected chi connectivity index (χ3v) is 2.11. The van der Waals surface area contributed by atoms with Crippen molar-refractivity contribution in [3.63, 3.8) is 0 Å². The summed E-state index contributed by atoms with van der Waals surface area (Å²) in [4.78, 5) is 11.4. The number of hydrogen-bond donors (Lipinski definition) is 3. The SMILES string of the molecule is CC(C)(C)c1cc(NC(=O)NCCCO)no1. The van der Waals surface area contributed by atoms with Crippen molar-refractivity contribution in [2.24, 2.45) is 0 Å². The molecule has 0 unspecified atom stereocenters. The lowest BCUT2D eigenvalue weighted by atomic mass is 9.93. The molecule has 0 radical (unpaired) electrons. The molecule has 0 aliphatic carbocycles. The van der Waals surface area contributed by atoms with Crippen molar-refractivity contribution in [1.82, 2.24) is 10.5 Å². The van der Waals surface area contributed by atoms with Gasteiger partial charge in [-0.25, -0.2) is 4.79 Å². The molecule has 1 aromatic heterocycles. The van der Waals surface area contributed by atoms with E-state index in [0.717, 1.165) is 0 Å². The van der Waals surface area contributed by atoms with Crippen LogP contribution in [0.15, 0.2) is 10.6 Å². The molecule has 1 rings (SSSR count). The fourth-order valence-corrected chi connectivity index (χ4v) is 1.13. The molecule has 6 nitrogen and oxygen atoms in total. The smallest absolute Gasteiger partial charge is 0.320 e. The molecule has 17 heavy (non-hydrogen) atoms. The predicted octanol–water partition coefficient (Wildman–Crippen LogP) is 1.48. The topological polar surface area (TPSA) is 87.4 Å². The van der Waals surface area contributed by atoms with Crippen molar-refractivity contribution in [2.75, 3.05) is 18.5 Å². The molecule has 0 atom stereocenters. The average molecular weight is 241 g/mol. The highest BCUT2D eigenvalue weighted by Gasteiger charge is 2.20. The highest BCUT2D eigenvalue weighted by molar-refractivity contribution is 5.88. The molecule has 0 saturated carbocycles. The largest absolute Gasteiger partial charge is 0.396 e. The molecule has 0 fully saturated rings. The Morgan fingerprint density at radius 1 is 1.53 bits per heavy atom. The van der Waals surface area contributed by atoms with Gasteiger partial charge in [0.15, 0.2) is 5.82 Å². The Kier molecular flexibility index (Phi) is 4.51. The van der Waals surface area contributed by atoms with Crippen LogP contribution in [0.3, 0.4) is 0 Å². The van der Waals surface area contributed by atoms with Crippen molar-refractivity contribution in [2.45, 2.75) is 32.6 Å². The summed E-state index contributed by atoms with van der Waals surface area (Å²) in [5, 5.41) is 17.5. The molecule has 0 aromatic carbocycles. The quantitative estimate of drug-likeness (QED) is 0.697. The van der Waals surface area contributed by atoms with Crippen molar-refractivity contribution in [3.8, 4) is 0 Å². The second kappa shape index (κ2) is 5.67. The Morgan fingerprint density at radius 3 is 2.76 bits per heavy atom. The number of amides is 2. The number of carbonyl (C=O) groups is 1. The highest BCUT2D eigenvalue weighted by Crippen LogP contribution is 2.24. The van der Waals surface area contributed by atoms with Gasteiger partial charge in [0.25, 0.3) is 0 Å². The van der Waals surface area contributed by atoms with Crippen LogP contribution in [0.4, 0.5) is 10.6 Å². The van der Waals surface area contributed by atoms with Crippen LogP contribution in [-0.2, 0) is 5.41 Å². The second-order valence-electron chi connectivity index (χ2n) is 4.78. The summed E-state index contributed by atoms with van der Waals surface area (Å²) in [5.41, 5.74) is -0.139. The van der Waals surface area contributed by atoms with E-state index in [2.05, 4.69) is 15.8 Å². The average Bonchev–Trinajstić information content (AvgIpc) is 2.66. The molecular weight excluding hydrogens is 222 g/mol. The lowest BCUT2D eigenvalue weighted by Gasteiger charge is -2.12. The standard InChI is InChI=1S/C11H19N3O3/c1-11(2,3)8-7-9(14-17-8)13-10(16)12-5-4-6-15/h7,15H,4-6H2,1-3H3,(H2,12,13,14,16). The van der Waals surface area contributed by atoms with Gasteiger partial charge in [0.2, 0.25) is 0 Å². The van der Waals surface area contributed by atoms with E-state index in [1.165, 1.54) is 0 Å². The summed E-state index contributed by atoms with van der Waals surface area (Å²) >= 11 is 0. The number of aliphatic hydroxyl groups excluding tert-OH is 1. The fraction of sp³-hybridized carbons (Fsp3) is 0.636. The number of hydrogen-bond acceptors (Lipinski definition) is 4. The van der Waals surface area contributed by atoms with E-state index in [-0.39, 0.29) is 18.1 Å². The summed E-state index contributed by atoms with van der Waals surface area (Å²) in [6.07, 6.45) is 0.527. The number of urea groups is 1. The van der Waals surface area contributed by atoms with Gasteiger partial charge in [-0.2, -0.15) is 0 Å². The van der Waals surface area contributed by atoms with Crippen molar-refractivity contribution in [3.05, 3.63) is 11.8 Å². The molecule has 0 aliphatic heterocycles. The molecule has 2 amide bonds. The van der Waals surface area contributed by atoms with Crippen LogP contribution in [0.2, 0.25) is 0 Å². The lowest BCUT2D eigenvalue weighted by molar-refractivity contribution is 0.248. The summed E-state index contributed by atoms with van der Waals surface area (Å²) in [6, 6.07) is 1.35. The Labute approximate surface area is 100 Å². The summed E-state index contributed by atoms with van der Waals surface area (Å²) in [6.45, 7) is 6.47. The Hall–Kier alpha value is -1.56. The third kappa shape index (κ3) is 4.44. The van der Waals surface area contributed by atoms with E-state index in [1.807, 2.05) is 20.8 Å². The van der Waals surface area contributed by atoms with Crippen molar-refractivity contribution < 1.29 is 14.4 Å². The van der Waals surface area contributed by atoms with Gasteiger partial charge in [-0.1, -0.05) is 25.9 Å². The minimum atomic E-state index is -0.354. The molecule has 6 heteroatoms. The highest BCUT2D eigenvalue weighted by atomic mass is 16.5. The van der Waals surface area contributed by atoms with Gasteiger partial charge in [0, 0.05) is 24.6 Å². The number of nitrogens with one attached hydrogen (secondary N) is 2. The van der Waals surface area contributed by atoms with Gasteiger partial charge in [-0.3, -0.25) is 5.32 Å². The molecule has 96 valence electrons. The van der Waals surface area contributed by atoms with Gasteiger partial charge >= 0.3 is 6.03 Å². The van der Waals surface area contributed by atoms with Crippen LogP contribution in [-0.4, -0.2) is 29.4 Å². The van der Waals surface area contributed by atoms with E-state index in [0.29, 0.717) is 24.5 Å². The first-order chi connectivity index (χ1) is 7.93. The monoisotopic (exact) mass is 241 g/mol. The number of rotatable bonds is 4. The van der Waals surface area contributed by atoms with E-state index >= 15 is 0 Å². The van der Waals surface area contributed by atoms with Gasteiger partial charge in [-0.15, -0.1) is 0 Å². The molecule has 3 N–H and O–H groups in total. The molecule has 1 heterocycles. The first-order valence-corrected chi connectivity index (χ1v) is 5.56. The van der Waals surface area contributed by atoms with Crippen molar-refractivity contribution in [1.29, 1.82) is 0 Å².